The topological polar surface area (TPSA) is 115 Å². The molecule has 0 aromatic carbocycles. The van der Waals surface area contributed by atoms with Gasteiger partial charge in [-0.05, 0) is 51.9 Å². The Kier molecular flexibility index (Phi) is 43.7. The monoisotopic (exact) mass is 884 g/mol. The molecule has 3 N–H and O–H groups in total. The number of alkyl carbamates (subject to hydrolysis) is 2. The van der Waals surface area contributed by atoms with Crippen molar-refractivity contribution in [3.63, 3.8) is 0 Å². The average molecular weight is 884 g/mol. The van der Waals surface area contributed by atoms with Crippen molar-refractivity contribution in [2.75, 3.05) is 38.6 Å². The lowest BCUT2D eigenvalue weighted by molar-refractivity contribution is -0.0286. The van der Waals surface area contributed by atoms with E-state index in [2.05, 4.69) is 57.5 Å². The summed E-state index contributed by atoms with van der Waals surface area (Å²) in [6.07, 6.45) is 39.7. The van der Waals surface area contributed by atoms with Crippen LogP contribution in [-0.2, 0) is 14.2 Å². The van der Waals surface area contributed by atoms with E-state index in [1.165, 1.54) is 167 Å². The van der Waals surface area contributed by atoms with Crippen molar-refractivity contribution < 1.29 is 28.6 Å². The normalized spacial score (nSPS) is 12.1. The number of ether oxygens (including phenoxy) is 3. The molecule has 0 saturated carbocycles. The van der Waals surface area contributed by atoms with E-state index in [0.717, 1.165) is 63.3 Å². The molecular formula is C51H101N3O6S. The van der Waals surface area contributed by atoms with Crippen LogP contribution in [0.1, 0.15) is 253 Å². The largest absolute Gasteiger partial charge is 0.446 e. The maximum absolute atomic E-state index is 12.7. The lowest BCUT2D eigenvalue weighted by Gasteiger charge is -2.26. The summed E-state index contributed by atoms with van der Waals surface area (Å²) in [5.74, 6) is 0.794. The first-order valence-electron chi connectivity index (χ1n) is 26.0. The van der Waals surface area contributed by atoms with Crippen LogP contribution in [-0.4, -0.2) is 67.7 Å². The number of thioether (sulfide) groups is 1. The number of rotatable bonds is 45. The number of hydrogen-bond donors (Lipinski definition) is 3. The highest BCUT2D eigenvalue weighted by atomic mass is 32.2. The third-order valence-corrected chi connectivity index (χ3v) is 12.5. The van der Waals surface area contributed by atoms with Gasteiger partial charge in [0.2, 0.25) is 0 Å². The molecule has 1 unspecified atom stereocenters. The van der Waals surface area contributed by atoms with E-state index >= 15 is 0 Å². The van der Waals surface area contributed by atoms with Crippen molar-refractivity contribution in [2.24, 2.45) is 5.92 Å². The maximum Gasteiger partial charge on any atom is 0.407 e. The molecule has 362 valence electrons. The number of unbranched alkanes of at least 4 members (excludes halogenated alkanes) is 28. The molecule has 0 bridgehead atoms. The molecule has 9 nitrogen and oxygen atoms in total. The molecule has 0 fully saturated rings. The first-order chi connectivity index (χ1) is 29.6. The zero-order valence-corrected chi connectivity index (χ0v) is 41.9. The van der Waals surface area contributed by atoms with Crippen LogP contribution in [0.3, 0.4) is 0 Å². The Balaban J connectivity index is 4.39. The van der Waals surface area contributed by atoms with Crippen molar-refractivity contribution in [3.05, 3.63) is 0 Å². The van der Waals surface area contributed by atoms with E-state index in [1.807, 2.05) is 0 Å². The summed E-state index contributed by atoms with van der Waals surface area (Å²) in [5, 5.41) is 8.46. The molecule has 0 rings (SSSR count). The van der Waals surface area contributed by atoms with E-state index in [9.17, 15) is 14.4 Å². The average Bonchev–Trinajstić information content (AvgIpc) is 3.22. The van der Waals surface area contributed by atoms with Gasteiger partial charge in [0.15, 0.2) is 0 Å². The molecule has 0 spiro atoms. The maximum atomic E-state index is 12.7. The van der Waals surface area contributed by atoms with Gasteiger partial charge in [-0.15, -0.1) is 0 Å². The van der Waals surface area contributed by atoms with Crippen molar-refractivity contribution in [1.29, 1.82) is 0 Å². The summed E-state index contributed by atoms with van der Waals surface area (Å²) in [5.41, 5.74) is -0.241. The SMILES string of the molecule is CCCCCCCCCCCCCCCCCCNC(=O)OC(COC(=O)NCCCCCCCCCCCCCCCC)CSC(=O)NCCCC(C)(C)OCCC(C)C. The third kappa shape index (κ3) is 46.1. The summed E-state index contributed by atoms with van der Waals surface area (Å²) >= 11 is 1.05. The second-order valence-electron chi connectivity index (χ2n) is 18.8. The van der Waals surface area contributed by atoms with Crippen LogP contribution in [0.4, 0.5) is 14.4 Å². The van der Waals surface area contributed by atoms with Crippen LogP contribution in [0.5, 0.6) is 0 Å². The molecule has 0 aliphatic carbocycles. The molecule has 3 amide bonds. The fraction of sp³-hybridized carbons (Fsp3) is 0.941. The van der Waals surface area contributed by atoms with Crippen LogP contribution in [0.2, 0.25) is 0 Å². The van der Waals surface area contributed by atoms with Crippen molar-refractivity contribution in [1.82, 2.24) is 16.0 Å². The Morgan fingerprint density at radius 2 is 0.885 bits per heavy atom. The second kappa shape index (κ2) is 44.9. The lowest BCUT2D eigenvalue weighted by Crippen LogP contribution is -2.36. The highest BCUT2D eigenvalue weighted by Crippen LogP contribution is 2.19. The molecule has 0 aliphatic heterocycles. The van der Waals surface area contributed by atoms with Gasteiger partial charge in [-0.25, -0.2) is 9.59 Å². The van der Waals surface area contributed by atoms with Crippen LogP contribution < -0.4 is 16.0 Å². The Morgan fingerprint density at radius 1 is 0.508 bits per heavy atom. The van der Waals surface area contributed by atoms with E-state index in [4.69, 9.17) is 14.2 Å². The Hall–Kier alpha value is -1.68. The van der Waals surface area contributed by atoms with E-state index in [1.54, 1.807) is 0 Å². The van der Waals surface area contributed by atoms with Gasteiger partial charge < -0.3 is 30.2 Å². The van der Waals surface area contributed by atoms with E-state index < -0.39 is 18.3 Å². The Labute approximate surface area is 382 Å². The lowest BCUT2D eigenvalue weighted by atomic mass is 10.0. The quantitative estimate of drug-likeness (QED) is 0.0522. The molecule has 10 heteroatoms. The van der Waals surface area contributed by atoms with Gasteiger partial charge in [-0.1, -0.05) is 219 Å². The summed E-state index contributed by atoms with van der Waals surface area (Å²) in [6, 6.07) is 0. The molecule has 0 saturated heterocycles. The zero-order chi connectivity index (χ0) is 44.9. The molecule has 61 heavy (non-hydrogen) atoms. The van der Waals surface area contributed by atoms with Gasteiger partial charge in [0.25, 0.3) is 5.24 Å². The minimum Gasteiger partial charge on any atom is -0.446 e. The minimum absolute atomic E-state index is 0.112. The highest BCUT2D eigenvalue weighted by Gasteiger charge is 2.21. The zero-order valence-electron chi connectivity index (χ0n) is 41.1. The van der Waals surface area contributed by atoms with Crippen LogP contribution >= 0.6 is 11.8 Å². The molecule has 0 radical (unpaired) electrons. The van der Waals surface area contributed by atoms with Crippen LogP contribution in [0, 0.1) is 5.92 Å². The van der Waals surface area contributed by atoms with Crippen LogP contribution in [0.25, 0.3) is 0 Å². The van der Waals surface area contributed by atoms with Gasteiger partial charge in [-0.2, -0.15) is 0 Å². The summed E-state index contributed by atoms with van der Waals surface area (Å²) in [4.78, 5) is 38.0. The number of carbonyl (C=O) groups is 3. The van der Waals surface area contributed by atoms with Crippen molar-refractivity contribution in [3.8, 4) is 0 Å². The van der Waals surface area contributed by atoms with E-state index in [-0.39, 0.29) is 23.2 Å². The fourth-order valence-corrected chi connectivity index (χ4v) is 8.18. The predicted octanol–water partition coefficient (Wildman–Crippen LogP) is 15.6. The van der Waals surface area contributed by atoms with E-state index in [0.29, 0.717) is 25.6 Å². The first-order valence-corrected chi connectivity index (χ1v) is 27.0. The molecule has 0 aliphatic rings. The van der Waals surface area contributed by atoms with Gasteiger partial charge in [0, 0.05) is 32.0 Å². The molecule has 0 aromatic rings. The van der Waals surface area contributed by atoms with Gasteiger partial charge in [-0.3, -0.25) is 4.79 Å². The number of amides is 3. The third-order valence-electron chi connectivity index (χ3n) is 11.6. The predicted molar refractivity (Wildman–Crippen MR) is 262 cm³/mol. The first kappa shape index (κ1) is 59.3. The number of carbonyl (C=O) groups excluding carboxylic acids is 3. The second-order valence-corrected chi connectivity index (χ2v) is 19.8. The standard InChI is InChI=1S/C51H101N3O6S/c1-7-9-11-13-15-17-19-21-23-24-26-28-30-32-34-36-41-53-49(56)60-47(45-61-50(57)54-42-37-39-51(5,6)59-43-38-46(3)4)44-58-48(55)52-40-35-33-31-29-27-25-22-20-18-16-14-12-10-8-2/h46-47H,7-45H2,1-6H3,(H,52,55)(H,53,56)(H,54,57). The highest BCUT2D eigenvalue weighted by molar-refractivity contribution is 8.13. The molecule has 0 heterocycles. The van der Waals surface area contributed by atoms with Crippen molar-refractivity contribution >= 4 is 29.2 Å². The minimum atomic E-state index is -0.748. The Morgan fingerprint density at radius 3 is 1.30 bits per heavy atom. The fourth-order valence-electron chi connectivity index (χ4n) is 7.47. The number of nitrogens with one attached hydrogen (secondary N) is 3. The Bertz CT molecular complexity index is 984. The van der Waals surface area contributed by atoms with Gasteiger partial charge in [0.1, 0.15) is 12.7 Å². The number of hydrogen-bond acceptors (Lipinski definition) is 7. The molecule has 1 atom stereocenters. The smallest absolute Gasteiger partial charge is 0.407 e. The summed E-state index contributed by atoms with van der Waals surface area (Å²) < 4.78 is 17.2. The summed E-state index contributed by atoms with van der Waals surface area (Å²) in [7, 11) is 0. The van der Waals surface area contributed by atoms with Crippen molar-refractivity contribution in [2.45, 2.75) is 265 Å². The van der Waals surface area contributed by atoms with Gasteiger partial charge >= 0.3 is 12.2 Å². The van der Waals surface area contributed by atoms with Crippen LogP contribution in [0.15, 0.2) is 0 Å². The molecule has 0 aromatic heterocycles. The van der Waals surface area contributed by atoms with Gasteiger partial charge in [0.05, 0.1) is 5.60 Å². The summed E-state index contributed by atoms with van der Waals surface area (Å²) in [6.45, 7) is 15.4. The molecular weight excluding hydrogens is 783 g/mol.